The van der Waals surface area contributed by atoms with Crippen LogP contribution in [0.5, 0.6) is 0 Å². The number of hydrogen-bond donors (Lipinski definition) is 2. The van der Waals surface area contributed by atoms with E-state index in [0.29, 0.717) is 29.1 Å². The molecular formula is C30H41NO5. The van der Waals surface area contributed by atoms with E-state index in [2.05, 4.69) is 25.2 Å². The summed E-state index contributed by atoms with van der Waals surface area (Å²) in [4.78, 5) is 24.3. The van der Waals surface area contributed by atoms with Crippen molar-refractivity contribution in [1.82, 2.24) is 5.32 Å². The Kier molecular flexibility index (Phi) is 6.19. The minimum Gasteiger partial charge on any atom is -0.461 e. The lowest BCUT2D eigenvalue weighted by Crippen LogP contribution is -2.52. The first-order valence-electron chi connectivity index (χ1n) is 14.2. The van der Waals surface area contributed by atoms with Crippen LogP contribution in [0.3, 0.4) is 0 Å². The van der Waals surface area contributed by atoms with Crippen LogP contribution in [0.2, 0.25) is 0 Å². The molecule has 0 radical (unpaired) electrons. The Morgan fingerprint density at radius 1 is 1.14 bits per heavy atom. The zero-order valence-electron chi connectivity index (χ0n) is 21.7. The number of allylic oxidation sites excluding steroid dienone is 2. The smallest absolute Gasteiger partial charge is 0.335 e. The molecule has 0 bridgehead atoms. The quantitative estimate of drug-likeness (QED) is 0.465. The number of carbonyl (C=O) groups excluding carboxylic acids is 1. The van der Waals surface area contributed by atoms with Gasteiger partial charge in [0.1, 0.15) is 12.1 Å². The summed E-state index contributed by atoms with van der Waals surface area (Å²) in [6.45, 7) is 5.05. The van der Waals surface area contributed by atoms with Crippen molar-refractivity contribution in [1.29, 1.82) is 0 Å². The number of hydrogen-bond acceptors (Lipinski definition) is 6. The molecule has 2 heterocycles. The topological polar surface area (TPSA) is 88.8 Å². The predicted octanol–water partition coefficient (Wildman–Crippen LogP) is 4.71. The van der Waals surface area contributed by atoms with Crippen LogP contribution in [0, 0.1) is 28.6 Å². The molecule has 4 fully saturated rings. The lowest BCUT2D eigenvalue weighted by Gasteiger charge is -2.59. The average Bonchev–Trinajstić information content (AvgIpc) is 3.49. The molecule has 9 atom stereocenters. The van der Waals surface area contributed by atoms with Crippen LogP contribution >= 0.6 is 0 Å². The molecule has 2 unspecified atom stereocenters. The highest BCUT2D eigenvalue weighted by Crippen LogP contribution is 2.67. The second kappa shape index (κ2) is 9.13. The van der Waals surface area contributed by atoms with Crippen molar-refractivity contribution in [3.05, 3.63) is 46.0 Å². The first-order valence-corrected chi connectivity index (χ1v) is 14.2. The number of nitrogens with one attached hydrogen (secondary N) is 1. The van der Waals surface area contributed by atoms with Gasteiger partial charge in [0.2, 0.25) is 0 Å². The molecule has 1 saturated heterocycles. The lowest BCUT2D eigenvalue weighted by atomic mass is 9.46. The molecule has 6 heteroatoms. The van der Waals surface area contributed by atoms with Gasteiger partial charge in [-0.05, 0) is 110 Å². The van der Waals surface area contributed by atoms with Gasteiger partial charge in [-0.3, -0.25) is 10.1 Å². The standard InChI is InChI=1S/C30H41NO5/c1-29-13-11-21(36-28(34)26-9-5-20(16-32)31-26)15-19(29)4-6-22-24-8-7-23(18-3-10-27(33)35-17-18)30(24,2)14-12-25(22)29/h3,8,10,17,19-23,25-26,31-32H,4-7,9,11-16H2,1-2H3/t19-,20?,21+,22+,23-,25+,26?,29+,30-/m1/s1. The normalized spacial score (nSPS) is 43.8. The molecule has 1 aliphatic heterocycles. The van der Waals surface area contributed by atoms with E-state index in [9.17, 15) is 14.7 Å². The third-order valence-corrected chi connectivity index (χ3v) is 11.2. The third kappa shape index (κ3) is 3.91. The average molecular weight is 496 g/mol. The molecular weight excluding hydrogens is 454 g/mol. The van der Waals surface area contributed by atoms with Gasteiger partial charge in [-0.2, -0.15) is 0 Å². The fourth-order valence-corrected chi connectivity index (χ4v) is 9.12. The highest BCUT2D eigenvalue weighted by atomic mass is 16.5. The van der Waals surface area contributed by atoms with Crippen LogP contribution in [0.15, 0.2) is 39.3 Å². The van der Waals surface area contributed by atoms with E-state index in [1.165, 1.54) is 25.7 Å². The van der Waals surface area contributed by atoms with E-state index in [1.54, 1.807) is 17.9 Å². The number of fused-ring (bicyclic) bond motifs is 5. The summed E-state index contributed by atoms with van der Waals surface area (Å²) in [7, 11) is 0. The minimum atomic E-state index is -0.278. The van der Waals surface area contributed by atoms with Gasteiger partial charge in [-0.15, -0.1) is 0 Å². The Hall–Kier alpha value is -1.92. The molecule has 1 aromatic rings. The summed E-state index contributed by atoms with van der Waals surface area (Å²) in [5.74, 6) is 2.22. The van der Waals surface area contributed by atoms with E-state index in [1.807, 2.05) is 6.07 Å². The largest absolute Gasteiger partial charge is 0.461 e. The Morgan fingerprint density at radius 3 is 2.75 bits per heavy atom. The van der Waals surface area contributed by atoms with Gasteiger partial charge in [0, 0.05) is 12.1 Å². The summed E-state index contributed by atoms with van der Waals surface area (Å²) >= 11 is 0. The molecule has 2 N–H and O–H groups in total. The molecule has 0 amide bonds. The van der Waals surface area contributed by atoms with Crippen LogP contribution in [0.4, 0.5) is 0 Å². The maximum atomic E-state index is 12.8. The van der Waals surface area contributed by atoms with Gasteiger partial charge in [0.15, 0.2) is 0 Å². The summed E-state index contributed by atoms with van der Waals surface area (Å²) in [6.07, 6.45) is 14.8. The monoisotopic (exact) mass is 495 g/mol. The van der Waals surface area contributed by atoms with Gasteiger partial charge < -0.3 is 14.3 Å². The fraction of sp³-hybridized carbons (Fsp3) is 0.733. The highest BCUT2D eigenvalue weighted by molar-refractivity contribution is 5.76. The van der Waals surface area contributed by atoms with Crippen LogP contribution in [0.25, 0.3) is 0 Å². The van der Waals surface area contributed by atoms with E-state index >= 15 is 0 Å². The maximum absolute atomic E-state index is 12.8. The highest BCUT2D eigenvalue weighted by Gasteiger charge is 2.58. The summed E-state index contributed by atoms with van der Waals surface area (Å²) in [5, 5.41) is 12.6. The second-order valence-corrected chi connectivity index (χ2v) is 12.8. The molecule has 3 saturated carbocycles. The number of rotatable bonds is 4. The third-order valence-electron chi connectivity index (χ3n) is 11.2. The number of aliphatic hydroxyl groups excluding tert-OH is 1. The molecule has 1 aromatic heterocycles. The molecule has 36 heavy (non-hydrogen) atoms. The Bertz CT molecular complexity index is 1070. The summed E-state index contributed by atoms with van der Waals surface area (Å²) < 4.78 is 11.3. The zero-order chi connectivity index (χ0) is 25.1. The van der Waals surface area contributed by atoms with Gasteiger partial charge in [-0.25, -0.2) is 4.79 Å². The van der Waals surface area contributed by atoms with Crippen molar-refractivity contribution < 1.29 is 19.1 Å². The van der Waals surface area contributed by atoms with Gasteiger partial charge >= 0.3 is 11.6 Å². The molecule has 0 aromatic carbocycles. The Labute approximate surface area is 213 Å². The van der Waals surface area contributed by atoms with Crippen molar-refractivity contribution in [2.75, 3.05) is 6.61 Å². The van der Waals surface area contributed by atoms with Gasteiger partial charge in [0.05, 0.1) is 12.9 Å². The molecule has 6 rings (SSSR count). The van der Waals surface area contributed by atoms with E-state index in [4.69, 9.17) is 9.15 Å². The van der Waals surface area contributed by atoms with Crippen molar-refractivity contribution in [3.8, 4) is 0 Å². The van der Waals surface area contributed by atoms with Crippen molar-refractivity contribution >= 4 is 5.97 Å². The number of carbonyl (C=O) groups is 1. The fourth-order valence-electron chi connectivity index (χ4n) is 9.12. The van der Waals surface area contributed by atoms with E-state index < -0.39 is 0 Å². The second-order valence-electron chi connectivity index (χ2n) is 12.8. The Balaban J connectivity index is 1.13. The van der Waals surface area contributed by atoms with Crippen LogP contribution in [-0.4, -0.2) is 35.9 Å². The van der Waals surface area contributed by atoms with Crippen LogP contribution in [0.1, 0.15) is 89.5 Å². The molecule has 0 spiro atoms. The summed E-state index contributed by atoms with van der Waals surface area (Å²) in [6, 6.07) is 3.29. The number of aliphatic hydroxyl groups is 1. The van der Waals surface area contributed by atoms with E-state index in [0.717, 1.165) is 44.1 Å². The van der Waals surface area contributed by atoms with E-state index in [-0.39, 0.29) is 41.8 Å². The molecule has 4 aliphatic carbocycles. The molecule has 5 aliphatic rings. The van der Waals surface area contributed by atoms with Gasteiger partial charge in [0.25, 0.3) is 0 Å². The first kappa shape index (κ1) is 24.4. The van der Waals surface area contributed by atoms with Crippen molar-refractivity contribution in [2.45, 2.75) is 102 Å². The van der Waals surface area contributed by atoms with Crippen LogP contribution in [-0.2, 0) is 9.53 Å². The van der Waals surface area contributed by atoms with Crippen molar-refractivity contribution in [2.24, 2.45) is 28.6 Å². The minimum absolute atomic E-state index is 0.0226. The van der Waals surface area contributed by atoms with Crippen LogP contribution < -0.4 is 10.9 Å². The van der Waals surface area contributed by atoms with Gasteiger partial charge in [-0.1, -0.05) is 25.5 Å². The number of esters is 1. The predicted molar refractivity (Wildman–Crippen MR) is 136 cm³/mol. The number of ether oxygens (including phenoxy) is 1. The summed E-state index contributed by atoms with van der Waals surface area (Å²) in [5.41, 5.74) is 3.00. The zero-order valence-corrected chi connectivity index (χ0v) is 21.7. The maximum Gasteiger partial charge on any atom is 0.335 e. The Morgan fingerprint density at radius 2 is 2.00 bits per heavy atom. The lowest BCUT2D eigenvalue weighted by molar-refractivity contribution is -0.159. The first-order chi connectivity index (χ1) is 17.3. The molecule has 196 valence electrons. The van der Waals surface area contributed by atoms with Crippen molar-refractivity contribution in [3.63, 3.8) is 0 Å². The molecule has 6 nitrogen and oxygen atoms in total. The SMILES string of the molecule is C[C@]12CC[C@H](OC(=O)C3CCC(CO)N3)C[C@H]1CC[C@H]1C3=CC[C@H](c4ccc(=O)oc4)[C@@]3(C)CC[C@@H]12.